The van der Waals surface area contributed by atoms with Gasteiger partial charge in [0.25, 0.3) is 0 Å². The van der Waals surface area contributed by atoms with E-state index in [0.717, 1.165) is 5.56 Å². The Morgan fingerprint density at radius 3 is 2.94 bits per heavy atom. The predicted molar refractivity (Wildman–Crippen MR) is 62.8 cm³/mol. The lowest BCUT2D eigenvalue weighted by Gasteiger charge is -2.21. The molecule has 1 aromatic heterocycles. The maximum absolute atomic E-state index is 12.1. The average Bonchev–Trinajstić information content (AvgIpc) is 2.66. The van der Waals surface area contributed by atoms with Gasteiger partial charge in [-0.2, -0.15) is 5.10 Å². The number of likely N-dealkylation sites (N-methyl/N-ethyl adjacent to an activating group) is 2. The molecular formula is C11H18N4O. The number of nitrogens with zero attached hydrogens (tertiary/aromatic N) is 3. The van der Waals surface area contributed by atoms with Crippen LogP contribution in [0.15, 0.2) is 25.0 Å². The van der Waals surface area contributed by atoms with Crippen LogP contribution in [-0.2, 0) is 11.8 Å². The fourth-order valence-electron chi connectivity index (χ4n) is 1.53. The summed E-state index contributed by atoms with van der Waals surface area (Å²) in [5, 5.41) is 7.05. The van der Waals surface area contributed by atoms with Gasteiger partial charge in [0.15, 0.2) is 0 Å². The molecule has 0 radical (unpaired) electrons. The zero-order chi connectivity index (χ0) is 12.1. The normalized spacial score (nSPS) is 12.2. The second kappa shape index (κ2) is 5.46. The van der Waals surface area contributed by atoms with Crippen LogP contribution in [0.5, 0.6) is 0 Å². The molecular weight excluding hydrogens is 204 g/mol. The minimum absolute atomic E-state index is 0.00963. The number of rotatable bonds is 5. The van der Waals surface area contributed by atoms with Crippen LogP contribution in [0.3, 0.4) is 0 Å². The van der Waals surface area contributed by atoms with E-state index in [0.29, 0.717) is 6.54 Å². The van der Waals surface area contributed by atoms with Gasteiger partial charge in [0.2, 0.25) is 5.91 Å². The molecule has 1 heterocycles. The predicted octanol–water partition coefficient (Wildman–Crippen LogP) is 0.325. The molecule has 0 saturated carbocycles. The van der Waals surface area contributed by atoms with E-state index in [1.54, 1.807) is 35.9 Å². The number of hydrogen-bond acceptors (Lipinski definition) is 3. The Hall–Kier alpha value is -1.62. The topological polar surface area (TPSA) is 50.2 Å². The second-order valence-corrected chi connectivity index (χ2v) is 3.68. The summed E-state index contributed by atoms with van der Waals surface area (Å²) in [6.45, 7) is 4.15. The van der Waals surface area contributed by atoms with Crippen molar-refractivity contribution in [1.29, 1.82) is 0 Å². The summed E-state index contributed by atoms with van der Waals surface area (Å²) in [4.78, 5) is 13.7. The molecule has 0 aliphatic rings. The molecule has 5 nitrogen and oxygen atoms in total. The summed E-state index contributed by atoms with van der Waals surface area (Å²) < 4.78 is 1.68. The van der Waals surface area contributed by atoms with Crippen molar-refractivity contribution in [2.24, 2.45) is 7.05 Å². The van der Waals surface area contributed by atoms with E-state index in [9.17, 15) is 4.79 Å². The largest absolute Gasteiger partial charge is 0.340 e. The Morgan fingerprint density at radius 1 is 1.81 bits per heavy atom. The summed E-state index contributed by atoms with van der Waals surface area (Å²) in [5.41, 5.74) is 0.867. The van der Waals surface area contributed by atoms with Crippen molar-refractivity contribution < 1.29 is 4.79 Å². The molecule has 1 rings (SSSR count). The Morgan fingerprint density at radius 2 is 2.50 bits per heavy atom. The lowest BCUT2D eigenvalue weighted by Crippen LogP contribution is -2.37. The van der Waals surface area contributed by atoms with Gasteiger partial charge in [-0.1, -0.05) is 6.08 Å². The molecule has 1 unspecified atom stereocenters. The van der Waals surface area contributed by atoms with E-state index in [4.69, 9.17) is 0 Å². The number of aryl methyl sites for hydroxylation is 1. The number of hydrogen-bond donors (Lipinski definition) is 1. The van der Waals surface area contributed by atoms with Crippen LogP contribution in [0, 0.1) is 0 Å². The molecule has 0 fully saturated rings. The summed E-state index contributed by atoms with van der Waals surface area (Å²) in [6.07, 6.45) is 5.23. The maximum atomic E-state index is 12.1. The van der Waals surface area contributed by atoms with Gasteiger partial charge >= 0.3 is 0 Å². The van der Waals surface area contributed by atoms with Gasteiger partial charge in [0.05, 0.1) is 6.20 Å². The molecule has 5 heteroatoms. The van der Waals surface area contributed by atoms with Crippen molar-refractivity contribution in [1.82, 2.24) is 20.0 Å². The quantitative estimate of drug-likeness (QED) is 0.730. The van der Waals surface area contributed by atoms with Gasteiger partial charge < -0.3 is 10.2 Å². The number of carbonyl (C=O) groups excluding carboxylic acids is 1. The third kappa shape index (κ3) is 2.70. The average molecular weight is 222 g/mol. The van der Waals surface area contributed by atoms with E-state index in [2.05, 4.69) is 17.0 Å². The minimum atomic E-state index is -0.348. The number of nitrogens with one attached hydrogen (secondary N) is 1. The smallest absolute Gasteiger partial charge is 0.244 e. The van der Waals surface area contributed by atoms with E-state index < -0.39 is 0 Å². The van der Waals surface area contributed by atoms with Crippen LogP contribution in [-0.4, -0.2) is 41.2 Å². The molecule has 0 aliphatic heterocycles. The summed E-state index contributed by atoms with van der Waals surface area (Å²) in [5.74, 6) is 0.00963. The van der Waals surface area contributed by atoms with Crippen LogP contribution < -0.4 is 5.32 Å². The standard InChI is InChI=1S/C11H18N4O/c1-5-6-14(3)11(16)10(12-2)9-7-13-15(4)8-9/h5,7-8,10,12H,1,6H2,2-4H3. The van der Waals surface area contributed by atoms with Crippen LogP contribution in [0.25, 0.3) is 0 Å². The van der Waals surface area contributed by atoms with Crippen molar-refractivity contribution in [3.8, 4) is 0 Å². The fraction of sp³-hybridized carbons (Fsp3) is 0.455. The molecule has 1 N–H and O–H groups in total. The van der Waals surface area contributed by atoms with Crippen molar-refractivity contribution in [3.05, 3.63) is 30.6 Å². The molecule has 88 valence electrons. The van der Waals surface area contributed by atoms with Gasteiger partial charge in [-0.05, 0) is 7.05 Å². The van der Waals surface area contributed by atoms with Crippen LogP contribution in [0.4, 0.5) is 0 Å². The van der Waals surface area contributed by atoms with E-state index in [-0.39, 0.29) is 11.9 Å². The first-order valence-electron chi connectivity index (χ1n) is 5.11. The highest BCUT2D eigenvalue weighted by molar-refractivity contribution is 5.83. The van der Waals surface area contributed by atoms with Gasteiger partial charge in [-0.15, -0.1) is 6.58 Å². The molecule has 0 spiro atoms. The first-order valence-corrected chi connectivity index (χ1v) is 5.11. The molecule has 16 heavy (non-hydrogen) atoms. The van der Waals surface area contributed by atoms with E-state index >= 15 is 0 Å². The van der Waals surface area contributed by atoms with Crippen molar-refractivity contribution >= 4 is 5.91 Å². The molecule has 0 aliphatic carbocycles. The lowest BCUT2D eigenvalue weighted by molar-refractivity contribution is -0.131. The van der Waals surface area contributed by atoms with Crippen molar-refractivity contribution in [3.63, 3.8) is 0 Å². The number of carbonyl (C=O) groups is 1. The van der Waals surface area contributed by atoms with Gasteiger partial charge in [0.1, 0.15) is 6.04 Å². The molecule has 0 saturated heterocycles. The maximum Gasteiger partial charge on any atom is 0.244 e. The minimum Gasteiger partial charge on any atom is -0.340 e. The van der Waals surface area contributed by atoms with Crippen LogP contribution in [0.2, 0.25) is 0 Å². The third-order valence-electron chi connectivity index (χ3n) is 2.37. The van der Waals surface area contributed by atoms with E-state index in [1.807, 2.05) is 13.2 Å². The molecule has 1 atom stereocenters. The highest BCUT2D eigenvalue weighted by atomic mass is 16.2. The lowest BCUT2D eigenvalue weighted by atomic mass is 10.1. The Bertz CT molecular complexity index is 372. The Balaban J connectivity index is 2.82. The number of amides is 1. The Kier molecular flexibility index (Phi) is 4.25. The second-order valence-electron chi connectivity index (χ2n) is 3.68. The highest BCUT2D eigenvalue weighted by Gasteiger charge is 2.22. The zero-order valence-electron chi connectivity index (χ0n) is 9.97. The molecule has 0 bridgehead atoms. The summed E-state index contributed by atoms with van der Waals surface area (Å²) in [6, 6.07) is -0.348. The van der Waals surface area contributed by atoms with Crippen LogP contribution >= 0.6 is 0 Å². The molecule has 0 aromatic carbocycles. The van der Waals surface area contributed by atoms with Gasteiger partial charge in [0, 0.05) is 32.4 Å². The summed E-state index contributed by atoms with van der Waals surface area (Å²) in [7, 11) is 5.34. The SMILES string of the molecule is C=CCN(C)C(=O)C(NC)c1cnn(C)c1. The molecule has 1 aromatic rings. The van der Waals surface area contributed by atoms with Gasteiger partial charge in [-0.25, -0.2) is 0 Å². The first kappa shape index (κ1) is 12.4. The Labute approximate surface area is 95.7 Å². The molecule has 1 amide bonds. The van der Waals surface area contributed by atoms with Crippen molar-refractivity contribution in [2.45, 2.75) is 6.04 Å². The highest BCUT2D eigenvalue weighted by Crippen LogP contribution is 2.13. The monoisotopic (exact) mass is 222 g/mol. The van der Waals surface area contributed by atoms with Crippen molar-refractivity contribution in [2.75, 3.05) is 20.6 Å². The van der Waals surface area contributed by atoms with E-state index in [1.165, 1.54) is 0 Å². The zero-order valence-corrected chi connectivity index (χ0v) is 9.97. The van der Waals surface area contributed by atoms with Gasteiger partial charge in [-0.3, -0.25) is 9.48 Å². The van der Waals surface area contributed by atoms with Crippen LogP contribution in [0.1, 0.15) is 11.6 Å². The first-order chi connectivity index (χ1) is 7.60. The fourth-order valence-corrected chi connectivity index (χ4v) is 1.53. The summed E-state index contributed by atoms with van der Waals surface area (Å²) >= 11 is 0. The number of aromatic nitrogens is 2. The third-order valence-corrected chi connectivity index (χ3v) is 2.37.